The summed E-state index contributed by atoms with van der Waals surface area (Å²) in [5.41, 5.74) is 5.54. The predicted octanol–water partition coefficient (Wildman–Crippen LogP) is 3.78. The molecule has 0 fully saturated rings. The van der Waals surface area contributed by atoms with Crippen molar-refractivity contribution in [1.82, 2.24) is 24.9 Å². The number of hydrogen-bond donors (Lipinski definition) is 1. The van der Waals surface area contributed by atoms with Crippen LogP contribution in [0.5, 0.6) is 0 Å². The maximum absolute atomic E-state index is 12.7. The maximum atomic E-state index is 12.7. The molecular weight excluding hydrogens is 338 g/mol. The van der Waals surface area contributed by atoms with E-state index in [1.807, 2.05) is 54.9 Å². The molecule has 1 N–H and O–H groups in total. The lowest BCUT2D eigenvalue weighted by Crippen LogP contribution is -2.26. The van der Waals surface area contributed by atoms with Crippen molar-refractivity contribution in [3.8, 4) is 5.69 Å². The Morgan fingerprint density at radius 3 is 2.33 bits per heavy atom. The van der Waals surface area contributed by atoms with Gasteiger partial charge in [0.05, 0.1) is 29.3 Å². The molecule has 2 heterocycles. The Morgan fingerprint density at radius 2 is 1.81 bits per heavy atom. The Morgan fingerprint density at radius 1 is 1.15 bits per heavy atom. The van der Waals surface area contributed by atoms with Crippen LogP contribution in [0.15, 0.2) is 36.4 Å². The highest BCUT2D eigenvalue weighted by Gasteiger charge is 2.19. The molecule has 0 aliphatic rings. The van der Waals surface area contributed by atoms with Gasteiger partial charge in [0, 0.05) is 23.7 Å². The second-order valence-corrected chi connectivity index (χ2v) is 8.08. The molecule has 1 amide bonds. The number of carbonyl (C=O) groups is 1. The molecule has 1 aromatic carbocycles. The molecule has 6 nitrogen and oxygen atoms in total. The van der Waals surface area contributed by atoms with Crippen LogP contribution < -0.4 is 0 Å². The summed E-state index contributed by atoms with van der Waals surface area (Å²) in [6.07, 6.45) is 0. The molecule has 0 atom stereocenters. The first-order chi connectivity index (χ1) is 12.6. The third-order valence-electron chi connectivity index (χ3n) is 4.52. The van der Waals surface area contributed by atoms with Gasteiger partial charge < -0.3 is 4.90 Å². The van der Waals surface area contributed by atoms with Gasteiger partial charge in [-0.15, -0.1) is 0 Å². The largest absolute Gasteiger partial charge is 0.336 e. The van der Waals surface area contributed by atoms with Crippen LogP contribution in [-0.2, 0) is 12.0 Å². The Hall–Kier alpha value is -2.89. The van der Waals surface area contributed by atoms with Crippen LogP contribution in [0.25, 0.3) is 5.69 Å². The SMILES string of the molecule is Cc1cc(C)n(-c2ccc(C(=O)N(C)Cc3cc(C(C)(C)C)n[nH]3)cc2)n1. The van der Waals surface area contributed by atoms with Crippen LogP contribution in [0.2, 0.25) is 0 Å². The minimum absolute atomic E-state index is 0.0177. The standard InChI is InChI=1S/C21H27N5O/c1-14-11-15(2)26(24-14)18-9-7-16(8-10-18)20(27)25(6)13-17-12-19(23-22-17)21(3,4)5/h7-12H,13H2,1-6H3,(H,22,23). The zero-order chi connectivity index (χ0) is 19.8. The lowest BCUT2D eigenvalue weighted by Gasteiger charge is -2.17. The van der Waals surface area contributed by atoms with Gasteiger partial charge in [-0.05, 0) is 50.2 Å². The van der Waals surface area contributed by atoms with Crippen LogP contribution in [0.3, 0.4) is 0 Å². The molecule has 2 aromatic heterocycles. The molecule has 0 bridgehead atoms. The van der Waals surface area contributed by atoms with E-state index in [1.165, 1.54) is 0 Å². The third-order valence-corrected chi connectivity index (χ3v) is 4.52. The molecule has 3 rings (SSSR count). The first kappa shape index (κ1) is 18.9. The minimum atomic E-state index is -0.0261. The number of amides is 1. The van der Waals surface area contributed by atoms with E-state index in [0.29, 0.717) is 12.1 Å². The number of rotatable bonds is 4. The number of benzene rings is 1. The highest BCUT2D eigenvalue weighted by atomic mass is 16.2. The van der Waals surface area contributed by atoms with Gasteiger partial charge in [-0.2, -0.15) is 10.2 Å². The molecule has 142 valence electrons. The molecule has 6 heteroatoms. The van der Waals surface area contributed by atoms with Gasteiger partial charge in [0.15, 0.2) is 0 Å². The van der Waals surface area contributed by atoms with E-state index in [0.717, 1.165) is 28.5 Å². The number of hydrogen-bond acceptors (Lipinski definition) is 3. The molecule has 0 saturated heterocycles. The lowest BCUT2D eigenvalue weighted by atomic mass is 9.92. The monoisotopic (exact) mass is 365 g/mol. The zero-order valence-electron chi connectivity index (χ0n) is 16.9. The summed E-state index contributed by atoms with van der Waals surface area (Å²) in [6.45, 7) is 10.8. The van der Waals surface area contributed by atoms with E-state index in [2.05, 4.69) is 36.1 Å². The topological polar surface area (TPSA) is 66.8 Å². The zero-order valence-corrected chi connectivity index (χ0v) is 16.9. The number of aromatic amines is 1. The Balaban J connectivity index is 1.71. The van der Waals surface area contributed by atoms with Crippen molar-refractivity contribution >= 4 is 5.91 Å². The van der Waals surface area contributed by atoms with Crippen LogP contribution in [0, 0.1) is 13.8 Å². The number of carbonyl (C=O) groups excluding carboxylic acids is 1. The smallest absolute Gasteiger partial charge is 0.253 e. The van der Waals surface area contributed by atoms with Crippen LogP contribution >= 0.6 is 0 Å². The molecule has 3 aromatic rings. The van der Waals surface area contributed by atoms with Crippen LogP contribution in [0.1, 0.15) is 53.9 Å². The van der Waals surface area contributed by atoms with Crippen molar-refractivity contribution in [2.24, 2.45) is 0 Å². The van der Waals surface area contributed by atoms with Crippen LogP contribution in [0.4, 0.5) is 0 Å². The first-order valence-corrected chi connectivity index (χ1v) is 9.09. The second kappa shape index (κ2) is 7.02. The van der Waals surface area contributed by atoms with E-state index < -0.39 is 0 Å². The molecule has 0 aliphatic carbocycles. The first-order valence-electron chi connectivity index (χ1n) is 9.09. The van der Waals surface area contributed by atoms with E-state index in [-0.39, 0.29) is 11.3 Å². The normalized spacial score (nSPS) is 11.6. The summed E-state index contributed by atoms with van der Waals surface area (Å²) < 4.78 is 1.88. The Bertz CT molecular complexity index is 944. The second-order valence-electron chi connectivity index (χ2n) is 8.08. The fourth-order valence-corrected chi connectivity index (χ4v) is 3.01. The summed E-state index contributed by atoms with van der Waals surface area (Å²) in [7, 11) is 1.80. The van der Waals surface area contributed by atoms with Crippen molar-refractivity contribution in [2.45, 2.75) is 46.6 Å². The number of aromatic nitrogens is 4. The molecular formula is C21H27N5O. The quantitative estimate of drug-likeness (QED) is 0.765. The Kier molecular flexibility index (Phi) is 4.91. The molecule has 0 aliphatic heterocycles. The number of nitrogens with zero attached hydrogens (tertiary/aromatic N) is 4. The third kappa shape index (κ3) is 4.10. The summed E-state index contributed by atoms with van der Waals surface area (Å²) in [5, 5.41) is 11.9. The lowest BCUT2D eigenvalue weighted by molar-refractivity contribution is 0.0783. The summed E-state index contributed by atoms with van der Waals surface area (Å²) in [4.78, 5) is 14.4. The summed E-state index contributed by atoms with van der Waals surface area (Å²) in [5.74, 6) is -0.0261. The van der Waals surface area contributed by atoms with Crippen molar-refractivity contribution in [1.29, 1.82) is 0 Å². The van der Waals surface area contributed by atoms with Gasteiger partial charge >= 0.3 is 0 Å². The summed E-state index contributed by atoms with van der Waals surface area (Å²) >= 11 is 0. The van der Waals surface area contributed by atoms with Crippen molar-refractivity contribution in [2.75, 3.05) is 7.05 Å². The fourth-order valence-electron chi connectivity index (χ4n) is 3.01. The number of aryl methyl sites for hydroxylation is 2. The van der Waals surface area contributed by atoms with Crippen molar-refractivity contribution < 1.29 is 4.79 Å². The van der Waals surface area contributed by atoms with Gasteiger partial charge in [0.2, 0.25) is 0 Å². The fraction of sp³-hybridized carbons (Fsp3) is 0.381. The molecule has 0 unspecified atom stereocenters. The van der Waals surface area contributed by atoms with E-state index in [1.54, 1.807) is 11.9 Å². The Labute approximate surface area is 160 Å². The number of nitrogens with one attached hydrogen (secondary N) is 1. The van der Waals surface area contributed by atoms with Gasteiger partial charge in [-0.25, -0.2) is 4.68 Å². The predicted molar refractivity (Wildman–Crippen MR) is 106 cm³/mol. The number of H-pyrrole nitrogens is 1. The summed E-state index contributed by atoms with van der Waals surface area (Å²) in [6, 6.07) is 11.6. The van der Waals surface area contributed by atoms with Crippen molar-refractivity contribution in [3.05, 3.63) is 64.7 Å². The van der Waals surface area contributed by atoms with E-state index >= 15 is 0 Å². The van der Waals surface area contributed by atoms with Crippen molar-refractivity contribution in [3.63, 3.8) is 0 Å². The highest BCUT2D eigenvalue weighted by molar-refractivity contribution is 5.94. The molecule has 27 heavy (non-hydrogen) atoms. The molecule has 0 spiro atoms. The van der Waals surface area contributed by atoms with Gasteiger partial charge in [-0.1, -0.05) is 20.8 Å². The average Bonchev–Trinajstić information content (AvgIpc) is 3.20. The van der Waals surface area contributed by atoms with Gasteiger partial charge in [0.1, 0.15) is 0 Å². The molecule has 0 saturated carbocycles. The maximum Gasteiger partial charge on any atom is 0.253 e. The van der Waals surface area contributed by atoms with E-state index in [9.17, 15) is 4.79 Å². The molecule has 0 radical (unpaired) electrons. The van der Waals surface area contributed by atoms with E-state index in [4.69, 9.17) is 0 Å². The highest BCUT2D eigenvalue weighted by Crippen LogP contribution is 2.21. The van der Waals surface area contributed by atoms with Gasteiger partial charge in [0.25, 0.3) is 5.91 Å². The van der Waals surface area contributed by atoms with Gasteiger partial charge in [-0.3, -0.25) is 9.89 Å². The minimum Gasteiger partial charge on any atom is -0.336 e. The average molecular weight is 365 g/mol. The van der Waals surface area contributed by atoms with Crippen LogP contribution in [-0.4, -0.2) is 37.8 Å².